The Labute approximate surface area is 141 Å². The van der Waals surface area contributed by atoms with Gasteiger partial charge in [-0.25, -0.2) is 4.39 Å². The molecule has 1 aromatic heterocycles. The van der Waals surface area contributed by atoms with E-state index in [-0.39, 0.29) is 11.9 Å². The van der Waals surface area contributed by atoms with E-state index in [0.717, 1.165) is 43.5 Å². The predicted molar refractivity (Wildman–Crippen MR) is 87.9 cm³/mol. The molecule has 2 aromatic rings. The maximum Gasteiger partial charge on any atom is 0.243 e. The van der Waals surface area contributed by atoms with Crippen LogP contribution in [0.25, 0.3) is 0 Å². The van der Waals surface area contributed by atoms with Gasteiger partial charge in [-0.1, -0.05) is 23.4 Å². The Morgan fingerprint density at radius 1 is 1.21 bits per heavy atom. The predicted octanol–water partition coefficient (Wildman–Crippen LogP) is 2.96. The van der Waals surface area contributed by atoms with Crippen LogP contribution in [0.1, 0.15) is 49.0 Å². The third-order valence-corrected chi connectivity index (χ3v) is 5.06. The topological polar surface area (TPSA) is 45.4 Å². The number of hydrogen-bond acceptors (Lipinski definition) is 5. The summed E-state index contributed by atoms with van der Waals surface area (Å²) in [7, 11) is 0. The summed E-state index contributed by atoms with van der Waals surface area (Å²) in [6, 6.07) is 7.16. The normalized spacial score (nSPS) is 21.1. The second-order valence-corrected chi connectivity index (χ2v) is 6.84. The summed E-state index contributed by atoms with van der Waals surface area (Å²) in [4.78, 5) is 9.22. The van der Waals surface area contributed by atoms with Crippen LogP contribution in [-0.2, 0) is 6.54 Å². The Balaban J connectivity index is 1.32. The molecule has 0 amide bonds. The Hall–Kier alpha value is -1.79. The monoisotopic (exact) mass is 330 g/mol. The van der Waals surface area contributed by atoms with Crippen LogP contribution in [0.15, 0.2) is 28.8 Å². The zero-order valence-electron chi connectivity index (χ0n) is 14.0. The fraction of sp³-hybridized carbons (Fsp3) is 0.556. The Morgan fingerprint density at radius 3 is 2.67 bits per heavy atom. The quantitative estimate of drug-likeness (QED) is 0.843. The molecule has 1 saturated carbocycles. The SMILES string of the molecule is C[C@@H](c1nc(C2CC2)no1)N1CCN(Cc2ccccc2F)CC1. The van der Waals surface area contributed by atoms with Crippen LogP contribution in [0, 0.1) is 5.82 Å². The zero-order valence-corrected chi connectivity index (χ0v) is 14.0. The molecule has 2 aliphatic rings. The van der Waals surface area contributed by atoms with Gasteiger partial charge >= 0.3 is 0 Å². The lowest BCUT2D eigenvalue weighted by Crippen LogP contribution is -2.46. The van der Waals surface area contributed by atoms with Crippen LogP contribution in [0.3, 0.4) is 0 Å². The average molecular weight is 330 g/mol. The van der Waals surface area contributed by atoms with Gasteiger partial charge < -0.3 is 4.52 Å². The summed E-state index contributed by atoms with van der Waals surface area (Å²) in [6.45, 7) is 6.48. The van der Waals surface area contributed by atoms with Gasteiger partial charge in [0, 0.05) is 44.2 Å². The summed E-state index contributed by atoms with van der Waals surface area (Å²) in [5.41, 5.74) is 0.768. The van der Waals surface area contributed by atoms with E-state index >= 15 is 0 Å². The van der Waals surface area contributed by atoms with Crippen LogP contribution in [0.2, 0.25) is 0 Å². The molecule has 4 rings (SSSR count). The van der Waals surface area contributed by atoms with E-state index in [1.165, 1.54) is 18.9 Å². The van der Waals surface area contributed by atoms with Crippen molar-refractivity contribution >= 4 is 0 Å². The molecule has 128 valence electrons. The number of piperazine rings is 1. The minimum Gasteiger partial charge on any atom is -0.338 e. The number of benzene rings is 1. The molecule has 1 atom stereocenters. The van der Waals surface area contributed by atoms with Gasteiger partial charge in [0.2, 0.25) is 5.89 Å². The minimum atomic E-state index is -0.119. The first-order valence-corrected chi connectivity index (χ1v) is 8.74. The molecule has 0 spiro atoms. The lowest BCUT2D eigenvalue weighted by molar-refractivity contribution is 0.0839. The first-order valence-electron chi connectivity index (χ1n) is 8.74. The molecule has 24 heavy (non-hydrogen) atoms. The number of nitrogens with zero attached hydrogens (tertiary/aromatic N) is 4. The maximum absolute atomic E-state index is 13.8. The highest BCUT2D eigenvalue weighted by Crippen LogP contribution is 2.38. The van der Waals surface area contributed by atoms with Crippen molar-refractivity contribution in [3.8, 4) is 0 Å². The molecule has 1 aliphatic carbocycles. The third-order valence-electron chi connectivity index (χ3n) is 5.06. The van der Waals surface area contributed by atoms with E-state index in [4.69, 9.17) is 4.52 Å². The maximum atomic E-state index is 13.8. The lowest BCUT2D eigenvalue weighted by Gasteiger charge is -2.36. The van der Waals surface area contributed by atoms with Crippen molar-refractivity contribution in [2.24, 2.45) is 0 Å². The summed E-state index contributed by atoms with van der Waals surface area (Å²) in [6.07, 6.45) is 2.37. The van der Waals surface area contributed by atoms with Gasteiger partial charge in [0.15, 0.2) is 5.82 Å². The Bertz CT molecular complexity index is 692. The molecular formula is C18H23FN4O. The highest BCUT2D eigenvalue weighted by Gasteiger charge is 2.31. The van der Waals surface area contributed by atoms with Crippen molar-refractivity contribution in [2.75, 3.05) is 26.2 Å². The number of hydrogen-bond donors (Lipinski definition) is 0. The van der Waals surface area contributed by atoms with Crippen molar-refractivity contribution < 1.29 is 8.91 Å². The fourth-order valence-corrected chi connectivity index (χ4v) is 3.26. The molecule has 2 fully saturated rings. The molecule has 0 unspecified atom stereocenters. The van der Waals surface area contributed by atoms with Crippen LogP contribution in [0.5, 0.6) is 0 Å². The van der Waals surface area contributed by atoms with E-state index in [1.807, 2.05) is 12.1 Å². The first-order chi connectivity index (χ1) is 11.7. The van der Waals surface area contributed by atoms with Crippen molar-refractivity contribution in [3.05, 3.63) is 47.4 Å². The first kappa shape index (κ1) is 15.7. The molecule has 0 N–H and O–H groups in total. The summed E-state index contributed by atoms with van der Waals surface area (Å²) in [5, 5.41) is 4.11. The van der Waals surface area contributed by atoms with Crippen LogP contribution in [0.4, 0.5) is 4.39 Å². The van der Waals surface area contributed by atoms with Crippen molar-refractivity contribution in [3.63, 3.8) is 0 Å². The van der Waals surface area contributed by atoms with Crippen LogP contribution < -0.4 is 0 Å². The summed E-state index contributed by atoms with van der Waals surface area (Å²) < 4.78 is 19.2. The fourth-order valence-electron chi connectivity index (χ4n) is 3.26. The molecule has 0 radical (unpaired) electrons. The van der Waals surface area contributed by atoms with Gasteiger partial charge in [-0.15, -0.1) is 0 Å². The molecule has 5 nitrogen and oxygen atoms in total. The van der Waals surface area contributed by atoms with Crippen molar-refractivity contribution in [2.45, 2.75) is 38.3 Å². The van der Waals surface area contributed by atoms with E-state index in [1.54, 1.807) is 6.07 Å². The summed E-state index contributed by atoms with van der Waals surface area (Å²) in [5.74, 6) is 1.99. The molecule has 1 aliphatic heterocycles. The summed E-state index contributed by atoms with van der Waals surface area (Å²) >= 11 is 0. The third kappa shape index (κ3) is 3.35. The molecule has 0 bridgehead atoms. The van der Waals surface area contributed by atoms with Gasteiger partial charge in [0.1, 0.15) is 5.82 Å². The standard InChI is InChI=1S/C18H23FN4O/c1-13(18-20-17(21-24-18)14-6-7-14)23-10-8-22(9-11-23)12-15-4-2-3-5-16(15)19/h2-5,13-14H,6-12H2,1H3/t13-/m0/s1. The van der Waals surface area contributed by atoms with Gasteiger partial charge in [-0.3, -0.25) is 9.80 Å². The van der Waals surface area contributed by atoms with Gasteiger partial charge in [0.25, 0.3) is 0 Å². The van der Waals surface area contributed by atoms with Crippen LogP contribution >= 0.6 is 0 Å². The number of aromatic nitrogens is 2. The largest absolute Gasteiger partial charge is 0.338 e. The second kappa shape index (κ2) is 6.61. The van der Waals surface area contributed by atoms with Crippen molar-refractivity contribution in [1.82, 2.24) is 19.9 Å². The highest BCUT2D eigenvalue weighted by molar-refractivity contribution is 5.17. The smallest absolute Gasteiger partial charge is 0.243 e. The van der Waals surface area contributed by atoms with E-state index in [0.29, 0.717) is 12.5 Å². The minimum absolute atomic E-state index is 0.119. The zero-order chi connectivity index (χ0) is 16.5. The van der Waals surface area contributed by atoms with Gasteiger partial charge in [-0.05, 0) is 25.8 Å². The Morgan fingerprint density at radius 2 is 1.96 bits per heavy atom. The molecule has 1 aromatic carbocycles. The Kier molecular flexibility index (Phi) is 4.33. The van der Waals surface area contributed by atoms with Gasteiger partial charge in [0.05, 0.1) is 6.04 Å². The molecule has 2 heterocycles. The highest BCUT2D eigenvalue weighted by atomic mass is 19.1. The molecule has 6 heteroatoms. The van der Waals surface area contributed by atoms with Gasteiger partial charge in [-0.2, -0.15) is 4.98 Å². The number of halogens is 1. The molecule has 1 saturated heterocycles. The van der Waals surface area contributed by atoms with Crippen LogP contribution in [-0.4, -0.2) is 46.1 Å². The second-order valence-electron chi connectivity index (χ2n) is 6.84. The average Bonchev–Trinajstić information content (AvgIpc) is 3.34. The lowest BCUT2D eigenvalue weighted by atomic mass is 10.1. The molecular weight excluding hydrogens is 307 g/mol. The number of rotatable bonds is 5. The van der Waals surface area contributed by atoms with E-state index in [9.17, 15) is 4.39 Å². The van der Waals surface area contributed by atoms with E-state index in [2.05, 4.69) is 26.9 Å². The van der Waals surface area contributed by atoms with Crippen molar-refractivity contribution in [1.29, 1.82) is 0 Å². The van der Waals surface area contributed by atoms with E-state index < -0.39 is 0 Å².